The number of fused-ring (bicyclic) bond motifs is 4. The summed E-state index contributed by atoms with van der Waals surface area (Å²) >= 11 is 18.9. The van der Waals surface area contributed by atoms with E-state index in [1.807, 2.05) is 78.3 Å². The average Bonchev–Trinajstić information content (AvgIpc) is 3.31. The van der Waals surface area contributed by atoms with Gasteiger partial charge in [-0.2, -0.15) is 5.10 Å². The van der Waals surface area contributed by atoms with E-state index in [9.17, 15) is 0 Å². The fraction of sp³-hybridized carbons (Fsp3) is 0.0645. The molecule has 0 aliphatic carbocycles. The van der Waals surface area contributed by atoms with E-state index in [2.05, 4.69) is 28.4 Å². The zero-order valence-electron chi connectivity index (χ0n) is 21.2. The summed E-state index contributed by atoms with van der Waals surface area (Å²) in [6, 6.07) is 31.2. The molecule has 2 aliphatic rings. The predicted octanol–water partition coefficient (Wildman–Crippen LogP) is 8.94. The lowest BCUT2D eigenvalue weighted by atomic mass is 9.93. The molecule has 9 heteroatoms. The smallest absolute Gasteiger partial charge is 0.179 e. The first-order valence-corrected chi connectivity index (χ1v) is 13.8. The van der Waals surface area contributed by atoms with E-state index < -0.39 is 0 Å². The van der Waals surface area contributed by atoms with Gasteiger partial charge in [-0.15, -0.1) is 0 Å². The third-order valence-corrected chi connectivity index (χ3v) is 8.00. The van der Waals surface area contributed by atoms with Crippen LogP contribution in [0.2, 0.25) is 15.1 Å². The van der Waals surface area contributed by atoms with Crippen molar-refractivity contribution in [3.05, 3.63) is 129 Å². The molecule has 7 rings (SSSR count). The third-order valence-electron chi connectivity index (χ3n) is 7.01. The van der Waals surface area contributed by atoms with Gasteiger partial charge in [0.1, 0.15) is 0 Å². The zero-order valence-corrected chi connectivity index (χ0v) is 23.5. The van der Waals surface area contributed by atoms with Crippen molar-refractivity contribution in [2.45, 2.75) is 13.0 Å². The molecule has 2 aliphatic heterocycles. The molecule has 1 atom stereocenters. The maximum atomic E-state index is 6.35. The number of amidine groups is 2. The second-order valence-corrected chi connectivity index (χ2v) is 10.8. The maximum Gasteiger partial charge on any atom is 0.179 e. The van der Waals surface area contributed by atoms with E-state index in [4.69, 9.17) is 49.9 Å². The minimum absolute atomic E-state index is 0.237. The lowest BCUT2D eigenvalue weighted by Crippen LogP contribution is -2.46. The van der Waals surface area contributed by atoms with Gasteiger partial charge in [0.2, 0.25) is 0 Å². The number of para-hydroxylation sites is 3. The van der Waals surface area contributed by atoms with Crippen LogP contribution in [-0.2, 0) is 0 Å². The van der Waals surface area contributed by atoms with Crippen LogP contribution in [0, 0.1) is 6.92 Å². The monoisotopic (exact) mass is 582 g/mol. The highest BCUT2D eigenvalue weighted by Crippen LogP contribution is 2.48. The van der Waals surface area contributed by atoms with Gasteiger partial charge in [-0.25, -0.2) is 14.7 Å². The summed E-state index contributed by atoms with van der Waals surface area (Å²) in [4.78, 5) is 12.5. The van der Waals surface area contributed by atoms with Crippen LogP contribution in [0.15, 0.2) is 107 Å². The Kier molecular flexibility index (Phi) is 6.12. The first-order chi connectivity index (χ1) is 19.5. The Labute approximate surface area is 246 Å². The average molecular weight is 584 g/mol. The SMILES string of the molecule is Cc1nn(-c2ccccc2)c2c1C(c1ccc(Cl)cc1)N1C(=N2)C(Nc2ccc(Cl)c(Cl)c2)=Nc2ccccc21. The highest BCUT2D eigenvalue weighted by atomic mass is 35.5. The number of aliphatic imine (C=N–C) groups is 2. The lowest BCUT2D eigenvalue weighted by molar-refractivity contribution is 0.815. The standard InChI is InChI=1S/C31H21Cl3N6/c1-18-27-28(19-11-13-20(32)14-12-19)39-26-10-6-5-9-25(26)36-29(35-21-15-16-23(33)24(34)17-21)31(39)37-30(27)40(38-18)22-7-3-2-4-8-22/h2-17,28H,1H3,(H,35,36). The van der Waals surface area contributed by atoms with Crippen molar-refractivity contribution in [3.63, 3.8) is 0 Å². The molecule has 1 N–H and O–H groups in total. The Morgan fingerprint density at radius 3 is 2.30 bits per heavy atom. The number of hydrogen-bond acceptors (Lipinski definition) is 5. The highest BCUT2D eigenvalue weighted by Gasteiger charge is 2.41. The van der Waals surface area contributed by atoms with E-state index in [-0.39, 0.29) is 6.04 Å². The van der Waals surface area contributed by atoms with Crippen molar-refractivity contribution in [2.24, 2.45) is 9.98 Å². The summed E-state index contributed by atoms with van der Waals surface area (Å²) in [5, 5.41) is 10.0. The van der Waals surface area contributed by atoms with Crippen LogP contribution < -0.4 is 10.2 Å². The molecule has 1 unspecified atom stereocenters. The quantitative estimate of drug-likeness (QED) is 0.231. The molecule has 3 heterocycles. The van der Waals surface area contributed by atoms with Gasteiger partial charge >= 0.3 is 0 Å². The van der Waals surface area contributed by atoms with Crippen LogP contribution in [0.4, 0.5) is 22.9 Å². The van der Waals surface area contributed by atoms with E-state index in [0.29, 0.717) is 26.7 Å². The molecule has 0 fully saturated rings. The van der Waals surface area contributed by atoms with Crippen LogP contribution in [0.1, 0.15) is 22.9 Å². The molecule has 40 heavy (non-hydrogen) atoms. The normalized spacial score (nSPS) is 15.5. The topological polar surface area (TPSA) is 57.8 Å². The zero-order chi connectivity index (χ0) is 27.4. The second-order valence-electron chi connectivity index (χ2n) is 9.53. The largest absolute Gasteiger partial charge is 0.337 e. The molecule has 6 nitrogen and oxygen atoms in total. The van der Waals surface area contributed by atoms with Gasteiger partial charge in [-0.3, -0.25) is 0 Å². The van der Waals surface area contributed by atoms with E-state index >= 15 is 0 Å². The van der Waals surface area contributed by atoms with E-state index in [1.54, 1.807) is 12.1 Å². The lowest BCUT2D eigenvalue weighted by Gasteiger charge is -2.40. The van der Waals surface area contributed by atoms with Gasteiger partial charge in [0.05, 0.1) is 38.8 Å². The van der Waals surface area contributed by atoms with Gasteiger partial charge in [0.25, 0.3) is 0 Å². The molecule has 0 spiro atoms. The molecule has 196 valence electrons. The number of halogens is 3. The van der Waals surface area contributed by atoms with Gasteiger partial charge in [0.15, 0.2) is 17.5 Å². The summed E-state index contributed by atoms with van der Waals surface area (Å²) < 4.78 is 1.90. The number of aromatic nitrogens is 2. The summed E-state index contributed by atoms with van der Waals surface area (Å²) in [7, 11) is 0. The van der Waals surface area contributed by atoms with Crippen molar-refractivity contribution in [3.8, 4) is 5.69 Å². The molecule has 4 aromatic carbocycles. The van der Waals surface area contributed by atoms with E-state index in [0.717, 1.165) is 45.4 Å². The predicted molar refractivity (Wildman–Crippen MR) is 165 cm³/mol. The molecule has 0 amide bonds. The van der Waals surface area contributed by atoms with Crippen molar-refractivity contribution in [1.29, 1.82) is 0 Å². The molecular formula is C31H21Cl3N6. The highest BCUT2D eigenvalue weighted by molar-refractivity contribution is 6.52. The van der Waals surface area contributed by atoms with Crippen molar-refractivity contribution in [2.75, 3.05) is 10.2 Å². The van der Waals surface area contributed by atoms with Gasteiger partial charge < -0.3 is 10.2 Å². The fourth-order valence-electron chi connectivity index (χ4n) is 5.22. The first kappa shape index (κ1) is 24.9. The summed E-state index contributed by atoms with van der Waals surface area (Å²) in [5.41, 5.74) is 6.39. The molecule has 0 radical (unpaired) electrons. The van der Waals surface area contributed by atoms with Gasteiger partial charge in [-0.05, 0) is 67.1 Å². The number of anilines is 2. The van der Waals surface area contributed by atoms with Gasteiger partial charge in [-0.1, -0.05) is 77.3 Å². The Hall–Kier alpha value is -4.10. The molecule has 0 bridgehead atoms. The molecule has 0 saturated heterocycles. The Morgan fingerprint density at radius 2 is 1.52 bits per heavy atom. The molecule has 1 aromatic heterocycles. The van der Waals surface area contributed by atoms with Crippen LogP contribution in [0.25, 0.3) is 5.69 Å². The van der Waals surface area contributed by atoms with E-state index in [1.165, 1.54) is 0 Å². The van der Waals surface area contributed by atoms with Crippen LogP contribution in [0.5, 0.6) is 0 Å². The van der Waals surface area contributed by atoms with Crippen molar-refractivity contribution in [1.82, 2.24) is 9.78 Å². The Morgan fingerprint density at radius 1 is 0.775 bits per heavy atom. The minimum atomic E-state index is -0.237. The number of rotatable bonds is 3. The molecule has 0 saturated carbocycles. The van der Waals surface area contributed by atoms with Crippen molar-refractivity contribution < 1.29 is 0 Å². The molecule has 5 aromatic rings. The number of hydrogen-bond donors (Lipinski definition) is 1. The maximum absolute atomic E-state index is 6.35. The van der Waals surface area contributed by atoms with Crippen LogP contribution >= 0.6 is 34.8 Å². The van der Waals surface area contributed by atoms with Gasteiger partial charge in [0, 0.05) is 16.3 Å². The van der Waals surface area contributed by atoms with Crippen molar-refractivity contribution >= 4 is 69.4 Å². The first-order valence-electron chi connectivity index (χ1n) is 12.7. The van der Waals surface area contributed by atoms with Crippen LogP contribution in [0.3, 0.4) is 0 Å². The fourth-order valence-corrected chi connectivity index (χ4v) is 5.64. The molecular weight excluding hydrogens is 563 g/mol. The summed E-state index contributed by atoms with van der Waals surface area (Å²) in [5.74, 6) is 1.99. The Balaban J connectivity index is 1.49. The van der Waals surface area contributed by atoms with Crippen LogP contribution in [-0.4, -0.2) is 21.5 Å². The minimum Gasteiger partial charge on any atom is -0.337 e. The summed E-state index contributed by atoms with van der Waals surface area (Å²) in [6.07, 6.45) is 0. The number of nitrogens with zero attached hydrogens (tertiary/aromatic N) is 5. The number of nitrogens with one attached hydrogen (secondary N) is 1. The number of benzene rings is 4. The number of aryl methyl sites for hydroxylation is 1. The Bertz CT molecular complexity index is 1830. The summed E-state index contributed by atoms with van der Waals surface area (Å²) in [6.45, 7) is 2.03. The second kappa shape index (κ2) is 9.82. The third kappa shape index (κ3) is 4.16.